The lowest BCUT2D eigenvalue weighted by molar-refractivity contribution is 0.105. The van der Waals surface area contributed by atoms with Crippen molar-refractivity contribution in [2.45, 2.75) is 4.90 Å². The molecular weight excluding hydrogens is 144 g/mol. The Balaban J connectivity index is 2.73. The van der Waals surface area contributed by atoms with Gasteiger partial charge in [0, 0.05) is 10.5 Å². The van der Waals surface area contributed by atoms with Gasteiger partial charge < -0.3 is 0 Å². The van der Waals surface area contributed by atoms with Gasteiger partial charge in [0.05, 0.1) is 0 Å². The summed E-state index contributed by atoms with van der Waals surface area (Å²) in [4.78, 5) is 12.0. The molecule has 0 aliphatic carbocycles. The van der Waals surface area contributed by atoms with E-state index in [1.54, 1.807) is 0 Å². The summed E-state index contributed by atoms with van der Waals surface area (Å²) < 4.78 is 0. The van der Waals surface area contributed by atoms with Crippen LogP contribution < -0.4 is 0 Å². The molecule has 2 heteroatoms. The van der Waals surface area contributed by atoms with Crippen LogP contribution in [0.25, 0.3) is 0 Å². The van der Waals surface area contributed by atoms with Crippen LogP contribution in [0.1, 0.15) is 10.4 Å². The summed E-state index contributed by atoms with van der Waals surface area (Å²) in [6, 6.07) is 7.54. The van der Waals surface area contributed by atoms with Crippen LogP contribution in [0.2, 0.25) is 0 Å². The SMILES string of the molecule is O=C1C#Sc2ccccc21. The number of fused-ring (bicyclic) bond motifs is 1. The number of hydrogen-bond acceptors (Lipinski definition) is 1. The Hall–Kier alpha value is -1.11. The number of Topliss-reactive ketones (excluding diaryl/α,β-unsaturated/α-hetero) is 1. The number of hydrogen-bond donors (Lipinski definition) is 0. The fourth-order valence-corrected chi connectivity index (χ4v) is 1.63. The molecule has 0 spiro atoms. The lowest BCUT2D eigenvalue weighted by Crippen LogP contribution is -1.90. The van der Waals surface area contributed by atoms with Gasteiger partial charge in [-0.25, -0.2) is 0 Å². The molecule has 0 bridgehead atoms. The third-order valence-electron chi connectivity index (χ3n) is 1.39. The van der Waals surface area contributed by atoms with Crippen LogP contribution in [0.5, 0.6) is 0 Å². The summed E-state index contributed by atoms with van der Waals surface area (Å²) in [7, 11) is 0. The molecule has 0 saturated carbocycles. The maximum Gasteiger partial charge on any atom is 0.239 e. The zero-order chi connectivity index (χ0) is 6.97. The molecule has 0 N–H and O–H groups in total. The van der Waals surface area contributed by atoms with E-state index in [0.29, 0.717) is 0 Å². The number of rotatable bonds is 0. The predicted molar refractivity (Wildman–Crippen MR) is 40.5 cm³/mol. The third-order valence-corrected chi connectivity index (χ3v) is 2.25. The predicted octanol–water partition coefficient (Wildman–Crippen LogP) is 1.93. The molecule has 0 atom stereocenters. The average Bonchev–Trinajstić information content (AvgIpc) is 2.34. The van der Waals surface area contributed by atoms with Gasteiger partial charge in [-0.05, 0) is 17.3 Å². The summed E-state index contributed by atoms with van der Waals surface area (Å²) in [6.07, 6.45) is 0. The van der Waals surface area contributed by atoms with E-state index in [4.69, 9.17) is 0 Å². The van der Waals surface area contributed by atoms with Gasteiger partial charge in [-0.2, -0.15) is 0 Å². The number of ketones is 1. The van der Waals surface area contributed by atoms with Crippen molar-refractivity contribution in [3.05, 3.63) is 29.8 Å². The van der Waals surface area contributed by atoms with Crippen LogP contribution in [0.4, 0.5) is 0 Å². The molecular formula is C8H4OS. The molecule has 48 valence electrons. The summed E-state index contributed by atoms with van der Waals surface area (Å²) in [5.74, 6) is 0.0144. The minimum atomic E-state index is 0.0144. The van der Waals surface area contributed by atoms with Crippen LogP contribution in [0, 0.1) is 5.18 Å². The first-order valence-corrected chi connectivity index (χ1v) is 3.76. The largest absolute Gasteiger partial charge is 0.279 e. The first-order chi connectivity index (χ1) is 4.88. The Morgan fingerprint density at radius 2 is 2.10 bits per heavy atom. The first kappa shape index (κ1) is 5.66. The lowest BCUT2D eigenvalue weighted by atomic mass is 10.2. The Morgan fingerprint density at radius 3 is 2.90 bits per heavy atom. The summed E-state index contributed by atoms with van der Waals surface area (Å²) in [6.45, 7) is 0. The molecule has 1 aromatic rings. The van der Waals surface area contributed by atoms with E-state index in [2.05, 4.69) is 5.18 Å². The standard InChI is InChI=1S/C8H4OS/c9-7-5-10-8-4-2-1-3-6(7)8/h1-4H. The highest BCUT2D eigenvalue weighted by Crippen LogP contribution is 2.20. The number of benzene rings is 1. The zero-order valence-corrected chi connectivity index (χ0v) is 5.94. The summed E-state index contributed by atoms with van der Waals surface area (Å²) in [5.41, 5.74) is 0.785. The molecule has 10 heavy (non-hydrogen) atoms. The second kappa shape index (κ2) is 1.94. The summed E-state index contributed by atoms with van der Waals surface area (Å²) in [5, 5.41) is 2.66. The van der Waals surface area contributed by atoms with Crippen molar-refractivity contribution in [2.75, 3.05) is 0 Å². The van der Waals surface area contributed by atoms with Gasteiger partial charge in [0.15, 0.2) is 0 Å². The quantitative estimate of drug-likeness (QED) is 0.549. The molecule has 1 aliphatic rings. The highest BCUT2D eigenvalue weighted by Gasteiger charge is 2.10. The fraction of sp³-hybridized carbons (Fsp3) is 0. The molecule has 2 rings (SSSR count). The van der Waals surface area contributed by atoms with Crippen LogP contribution in [-0.2, 0) is 0 Å². The molecule has 1 nitrogen and oxygen atoms in total. The van der Waals surface area contributed by atoms with Gasteiger partial charge >= 0.3 is 0 Å². The highest BCUT2D eigenvalue weighted by molar-refractivity contribution is 7.89. The molecule has 0 amide bonds. The van der Waals surface area contributed by atoms with Crippen molar-refractivity contribution >= 4 is 17.0 Å². The lowest BCUT2D eigenvalue weighted by Gasteiger charge is -1.90. The van der Waals surface area contributed by atoms with Crippen molar-refractivity contribution in [2.24, 2.45) is 0 Å². The van der Waals surface area contributed by atoms with Crippen LogP contribution >= 0.6 is 11.2 Å². The van der Waals surface area contributed by atoms with Gasteiger partial charge in [-0.15, -0.1) is 0 Å². The Kier molecular flexibility index (Phi) is 1.10. The molecule has 0 fully saturated rings. The minimum absolute atomic E-state index is 0.0144. The van der Waals surface area contributed by atoms with E-state index >= 15 is 0 Å². The Morgan fingerprint density at radius 1 is 1.30 bits per heavy atom. The maximum absolute atomic E-state index is 10.9. The van der Waals surface area contributed by atoms with Crippen molar-refractivity contribution in [1.29, 1.82) is 0 Å². The van der Waals surface area contributed by atoms with E-state index in [-0.39, 0.29) is 5.78 Å². The Bertz CT molecular complexity index is 357. The normalized spacial score (nSPS) is 13.0. The topological polar surface area (TPSA) is 17.1 Å². The zero-order valence-electron chi connectivity index (χ0n) is 5.13. The van der Waals surface area contributed by atoms with Gasteiger partial charge in [0.1, 0.15) is 0 Å². The highest BCUT2D eigenvalue weighted by atomic mass is 32.1. The second-order valence-electron chi connectivity index (χ2n) is 2.03. The molecule has 1 aliphatic heterocycles. The third kappa shape index (κ3) is 0.670. The minimum Gasteiger partial charge on any atom is -0.279 e. The van der Waals surface area contributed by atoms with Crippen LogP contribution in [0.15, 0.2) is 29.2 Å². The molecule has 0 saturated heterocycles. The van der Waals surface area contributed by atoms with E-state index in [1.165, 1.54) is 11.2 Å². The van der Waals surface area contributed by atoms with Crippen molar-refractivity contribution in [3.8, 4) is 5.18 Å². The first-order valence-electron chi connectivity index (χ1n) is 2.94. The van der Waals surface area contributed by atoms with Crippen molar-refractivity contribution < 1.29 is 4.79 Å². The van der Waals surface area contributed by atoms with E-state index in [0.717, 1.165) is 10.5 Å². The van der Waals surface area contributed by atoms with E-state index in [1.807, 2.05) is 24.3 Å². The average molecular weight is 148 g/mol. The van der Waals surface area contributed by atoms with Gasteiger partial charge in [0.25, 0.3) is 0 Å². The smallest absolute Gasteiger partial charge is 0.239 e. The number of carbonyl (C=O) groups is 1. The van der Waals surface area contributed by atoms with E-state index in [9.17, 15) is 4.79 Å². The maximum atomic E-state index is 10.9. The molecule has 1 heterocycles. The van der Waals surface area contributed by atoms with Gasteiger partial charge in [0.2, 0.25) is 5.78 Å². The molecule has 0 radical (unpaired) electrons. The second-order valence-corrected chi connectivity index (χ2v) is 2.88. The molecule has 0 aromatic heterocycles. The van der Waals surface area contributed by atoms with E-state index < -0.39 is 0 Å². The fourth-order valence-electron chi connectivity index (χ4n) is 0.900. The van der Waals surface area contributed by atoms with Gasteiger partial charge in [-0.3, -0.25) is 4.79 Å². The monoisotopic (exact) mass is 148 g/mol. The Labute approximate surface area is 62.3 Å². The van der Waals surface area contributed by atoms with Crippen LogP contribution in [0.3, 0.4) is 0 Å². The number of carbonyl (C=O) groups excluding carboxylic acids is 1. The molecule has 1 aromatic carbocycles. The van der Waals surface area contributed by atoms with Gasteiger partial charge in [-0.1, -0.05) is 23.3 Å². The van der Waals surface area contributed by atoms with Crippen LogP contribution in [-0.4, -0.2) is 5.78 Å². The summed E-state index contributed by atoms with van der Waals surface area (Å²) >= 11 is 1.38. The molecule has 0 unspecified atom stereocenters. The van der Waals surface area contributed by atoms with Crippen molar-refractivity contribution in [3.63, 3.8) is 0 Å². The van der Waals surface area contributed by atoms with Crippen molar-refractivity contribution in [1.82, 2.24) is 0 Å².